The number of rotatable bonds is 5. The van der Waals surface area contributed by atoms with Gasteiger partial charge < -0.3 is 4.57 Å². The Bertz CT molecular complexity index is 762. The smallest absolute Gasteiger partial charge is 0.265 e. The fourth-order valence-corrected chi connectivity index (χ4v) is 6.13. The van der Waals surface area contributed by atoms with Gasteiger partial charge in [-0.05, 0) is 12.8 Å². The van der Waals surface area contributed by atoms with Gasteiger partial charge in [-0.2, -0.15) is 0 Å². The minimum absolute atomic E-state index is 0.430. The van der Waals surface area contributed by atoms with Gasteiger partial charge in [0.25, 0.3) is 5.52 Å². The van der Waals surface area contributed by atoms with Crippen LogP contribution in [0.25, 0.3) is 0 Å². The lowest BCUT2D eigenvalue weighted by Crippen LogP contribution is -2.38. The van der Waals surface area contributed by atoms with Gasteiger partial charge in [0.05, 0.1) is 0 Å². The first-order chi connectivity index (χ1) is 12.0. The van der Waals surface area contributed by atoms with Crippen molar-refractivity contribution in [2.45, 2.75) is 39.0 Å². The van der Waals surface area contributed by atoms with Gasteiger partial charge in [-0.1, -0.05) is 86.8 Å². The van der Waals surface area contributed by atoms with Crippen molar-refractivity contribution < 1.29 is 14.2 Å². The first kappa shape index (κ1) is 17.8. The first-order valence-electron chi connectivity index (χ1n) is 8.79. The Morgan fingerprint density at radius 1 is 0.800 bits per heavy atom. The molecule has 0 N–H and O–H groups in total. The van der Waals surface area contributed by atoms with E-state index in [2.05, 4.69) is 0 Å². The van der Waals surface area contributed by atoms with Crippen LogP contribution in [0.4, 0.5) is 0 Å². The Balaban J connectivity index is 2.08. The molecule has 0 radical (unpaired) electrons. The van der Waals surface area contributed by atoms with Crippen LogP contribution in [0.2, 0.25) is 0 Å². The van der Waals surface area contributed by atoms with Crippen LogP contribution in [-0.2, 0) is 14.2 Å². The Morgan fingerprint density at radius 2 is 1.24 bits per heavy atom. The van der Waals surface area contributed by atoms with Gasteiger partial charge in [-0.3, -0.25) is 9.59 Å². The van der Waals surface area contributed by atoms with Crippen molar-refractivity contribution in [3.05, 3.63) is 60.7 Å². The van der Waals surface area contributed by atoms with Crippen LogP contribution in [0.15, 0.2) is 60.7 Å². The van der Waals surface area contributed by atoms with Gasteiger partial charge in [0.2, 0.25) is 12.9 Å². The van der Waals surface area contributed by atoms with Crippen molar-refractivity contribution in [1.29, 1.82) is 0 Å². The van der Waals surface area contributed by atoms with Crippen LogP contribution >= 0.6 is 7.14 Å². The van der Waals surface area contributed by atoms with E-state index in [1.54, 1.807) is 48.5 Å². The van der Waals surface area contributed by atoms with Gasteiger partial charge >= 0.3 is 0 Å². The largest absolute Gasteiger partial charge is 0.305 e. The molecule has 0 atom stereocenters. The van der Waals surface area contributed by atoms with Crippen molar-refractivity contribution >= 4 is 29.1 Å². The van der Waals surface area contributed by atoms with E-state index >= 15 is 0 Å². The molecule has 0 amide bonds. The summed E-state index contributed by atoms with van der Waals surface area (Å²) >= 11 is 0. The number of ketones is 1. The fourth-order valence-electron chi connectivity index (χ4n) is 3.62. The van der Waals surface area contributed by atoms with E-state index in [4.69, 9.17) is 0 Å². The zero-order chi connectivity index (χ0) is 17.9. The standard InChI is InChI=1S/C21H23O3P/c1-21(15-9-4-10-16-21)19(22)20(23)25(24,17-11-5-2-6-12-17)18-13-7-3-8-14-18/h2-3,5-8,11-14H,4,9-10,15-16H2,1H3. The predicted molar refractivity (Wildman–Crippen MR) is 101 cm³/mol. The summed E-state index contributed by atoms with van der Waals surface area (Å²) in [5, 5.41) is 0.859. The third kappa shape index (κ3) is 3.26. The molecule has 1 aliphatic carbocycles. The van der Waals surface area contributed by atoms with E-state index in [9.17, 15) is 14.2 Å². The van der Waals surface area contributed by atoms with Gasteiger partial charge in [-0.15, -0.1) is 0 Å². The highest BCUT2D eigenvalue weighted by molar-refractivity contribution is 7.95. The van der Waals surface area contributed by atoms with Crippen molar-refractivity contribution in [3.8, 4) is 0 Å². The lowest BCUT2D eigenvalue weighted by Gasteiger charge is -2.32. The minimum Gasteiger partial charge on any atom is -0.305 e. The molecule has 0 unspecified atom stereocenters. The summed E-state index contributed by atoms with van der Waals surface area (Å²) < 4.78 is 14.0. The Kier molecular flexibility index (Phi) is 5.06. The second-order valence-corrected chi connectivity index (χ2v) is 9.69. The van der Waals surface area contributed by atoms with Gasteiger partial charge in [0, 0.05) is 16.0 Å². The molecular weight excluding hydrogens is 331 g/mol. The van der Waals surface area contributed by atoms with Crippen molar-refractivity contribution in [2.75, 3.05) is 0 Å². The van der Waals surface area contributed by atoms with Crippen molar-refractivity contribution in [3.63, 3.8) is 0 Å². The number of carbonyl (C=O) groups is 2. The predicted octanol–water partition coefficient (Wildman–Crippen LogP) is 4.07. The number of hydrogen-bond donors (Lipinski definition) is 0. The summed E-state index contributed by atoms with van der Waals surface area (Å²) in [7, 11) is -3.67. The number of Topliss-reactive ketones (excluding diaryl/α,β-unsaturated/α-hetero) is 1. The van der Waals surface area contributed by atoms with Crippen molar-refractivity contribution in [2.24, 2.45) is 5.41 Å². The summed E-state index contributed by atoms with van der Waals surface area (Å²) in [5.41, 5.74) is -1.41. The maximum absolute atomic E-state index is 14.0. The SMILES string of the molecule is CC1(C(=O)C(=O)P(=O)(c2ccccc2)c2ccccc2)CCCCC1. The molecule has 0 heterocycles. The maximum atomic E-state index is 14.0. The Hall–Kier alpha value is -1.99. The van der Waals surface area contributed by atoms with Crippen LogP contribution in [0.3, 0.4) is 0 Å². The van der Waals surface area contributed by atoms with Crippen LogP contribution in [0.1, 0.15) is 39.0 Å². The van der Waals surface area contributed by atoms with E-state index in [0.29, 0.717) is 23.5 Å². The molecule has 3 nitrogen and oxygen atoms in total. The topological polar surface area (TPSA) is 51.2 Å². The van der Waals surface area contributed by atoms with E-state index in [1.165, 1.54) is 0 Å². The second kappa shape index (κ2) is 7.09. The zero-order valence-corrected chi connectivity index (χ0v) is 15.4. The molecule has 0 aliphatic heterocycles. The highest BCUT2D eigenvalue weighted by atomic mass is 31.2. The quantitative estimate of drug-likeness (QED) is 0.601. The molecule has 2 aromatic carbocycles. The lowest BCUT2D eigenvalue weighted by molar-refractivity contribution is -0.139. The molecule has 0 saturated heterocycles. The summed E-state index contributed by atoms with van der Waals surface area (Å²) in [6, 6.07) is 17.4. The highest BCUT2D eigenvalue weighted by Gasteiger charge is 2.47. The normalized spacial score (nSPS) is 17.0. The second-order valence-electron chi connectivity index (χ2n) is 7.04. The number of benzene rings is 2. The summed E-state index contributed by atoms with van der Waals surface area (Å²) in [5.74, 6) is -0.469. The molecule has 25 heavy (non-hydrogen) atoms. The zero-order valence-electron chi connectivity index (χ0n) is 14.5. The molecule has 1 aliphatic rings. The summed E-state index contributed by atoms with van der Waals surface area (Å²) in [6.07, 6.45) is 4.36. The molecule has 0 spiro atoms. The fraction of sp³-hybridized carbons (Fsp3) is 0.333. The van der Waals surface area contributed by atoms with Crippen LogP contribution in [0, 0.1) is 5.41 Å². The number of hydrogen-bond acceptors (Lipinski definition) is 3. The summed E-state index contributed by atoms with van der Waals surface area (Å²) in [6.45, 7) is 1.85. The molecule has 2 aromatic rings. The minimum atomic E-state index is -3.67. The van der Waals surface area contributed by atoms with E-state index in [-0.39, 0.29) is 0 Å². The van der Waals surface area contributed by atoms with Crippen LogP contribution in [-0.4, -0.2) is 11.3 Å². The molecular formula is C21H23O3P. The van der Waals surface area contributed by atoms with E-state index in [1.807, 2.05) is 19.1 Å². The summed E-state index contributed by atoms with van der Waals surface area (Å²) in [4.78, 5) is 26.3. The molecule has 1 saturated carbocycles. The molecule has 1 fully saturated rings. The monoisotopic (exact) mass is 354 g/mol. The van der Waals surface area contributed by atoms with Crippen molar-refractivity contribution in [1.82, 2.24) is 0 Å². The third-order valence-electron chi connectivity index (χ3n) is 5.23. The third-order valence-corrected chi connectivity index (χ3v) is 8.05. The van der Waals surface area contributed by atoms with E-state index in [0.717, 1.165) is 19.3 Å². The molecule has 3 rings (SSSR count). The highest BCUT2D eigenvalue weighted by Crippen LogP contribution is 2.48. The maximum Gasteiger partial charge on any atom is 0.265 e. The van der Waals surface area contributed by atoms with Gasteiger partial charge in [-0.25, -0.2) is 0 Å². The Morgan fingerprint density at radius 3 is 1.68 bits per heavy atom. The average molecular weight is 354 g/mol. The van der Waals surface area contributed by atoms with Crippen LogP contribution < -0.4 is 10.6 Å². The Labute approximate surface area is 148 Å². The van der Waals surface area contributed by atoms with Gasteiger partial charge in [0.1, 0.15) is 0 Å². The first-order valence-corrected chi connectivity index (χ1v) is 10.5. The van der Waals surface area contributed by atoms with Gasteiger partial charge in [0.15, 0.2) is 0 Å². The molecule has 4 heteroatoms. The molecule has 0 bridgehead atoms. The van der Waals surface area contributed by atoms with Crippen LogP contribution in [0.5, 0.6) is 0 Å². The molecule has 0 aromatic heterocycles. The lowest BCUT2D eigenvalue weighted by atomic mass is 9.73. The molecule has 130 valence electrons. The van der Waals surface area contributed by atoms with E-state index < -0.39 is 23.9 Å². The average Bonchev–Trinajstić information content (AvgIpc) is 2.68. The number of carbonyl (C=O) groups excluding carboxylic acids is 2.